The molecule has 1 amide bonds. The average Bonchev–Trinajstić information content (AvgIpc) is 3.06. The summed E-state index contributed by atoms with van der Waals surface area (Å²) >= 11 is 1.72. The molecular weight excluding hydrogens is 290 g/mol. The third kappa shape index (κ3) is 2.95. The molecule has 1 aromatic heterocycles. The molecule has 1 aliphatic rings. The molecule has 2 aromatic rings. The van der Waals surface area contributed by atoms with Crippen molar-refractivity contribution in [1.82, 2.24) is 0 Å². The molecule has 1 aliphatic heterocycles. The molecule has 1 aromatic carbocycles. The summed E-state index contributed by atoms with van der Waals surface area (Å²) in [4.78, 5) is 26.6. The van der Waals surface area contributed by atoms with E-state index >= 15 is 0 Å². The van der Waals surface area contributed by atoms with E-state index in [1.54, 1.807) is 22.7 Å². The van der Waals surface area contributed by atoms with E-state index < -0.39 is 5.97 Å². The molecule has 0 radical (unpaired) electrons. The zero-order valence-corrected chi connectivity index (χ0v) is 12.0. The zero-order chi connectivity index (χ0) is 14.7. The second-order valence-electron chi connectivity index (χ2n) is 4.41. The highest BCUT2D eigenvalue weighted by Gasteiger charge is 2.24. The second-order valence-corrected chi connectivity index (χ2v) is 5.55. The Balaban J connectivity index is 1.65. The number of carbonyl (C=O) groups is 2. The third-order valence-corrected chi connectivity index (χ3v) is 4.12. The van der Waals surface area contributed by atoms with Crippen LogP contribution in [0.25, 0.3) is 0 Å². The maximum atomic E-state index is 12.2. The highest BCUT2D eigenvalue weighted by molar-refractivity contribution is 7.99. The Kier molecular flexibility index (Phi) is 3.96. The van der Waals surface area contributed by atoms with Crippen molar-refractivity contribution in [3.8, 4) is 0 Å². The van der Waals surface area contributed by atoms with Crippen LogP contribution in [0.1, 0.15) is 10.6 Å². The number of thioether (sulfide) groups is 1. The number of fused-ring (bicyclic) bond motifs is 1. The van der Waals surface area contributed by atoms with Gasteiger partial charge in [-0.25, -0.2) is 4.79 Å². The number of esters is 1. The lowest BCUT2D eigenvalue weighted by molar-refractivity contribution is -0.121. The van der Waals surface area contributed by atoms with Crippen LogP contribution in [0.15, 0.2) is 52.0 Å². The van der Waals surface area contributed by atoms with Crippen molar-refractivity contribution >= 4 is 29.3 Å². The van der Waals surface area contributed by atoms with E-state index in [1.165, 1.54) is 12.3 Å². The van der Waals surface area contributed by atoms with Gasteiger partial charge in [-0.3, -0.25) is 4.79 Å². The highest BCUT2D eigenvalue weighted by Crippen LogP contribution is 2.34. The normalized spacial score (nSPS) is 13.6. The number of anilines is 1. The van der Waals surface area contributed by atoms with Crippen LogP contribution in [0, 0.1) is 0 Å². The molecule has 0 fully saturated rings. The molecule has 0 saturated heterocycles. The number of carbonyl (C=O) groups excluding carboxylic acids is 2. The van der Waals surface area contributed by atoms with Crippen molar-refractivity contribution in [2.75, 3.05) is 23.8 Å². The predicted molar refractivity (Wildman–Crippen MR) is 78.5 cm³/mol. The van der Waals surface area contributed by atoms with E-state index in [4.69, 9.17) is 9.15 Å². The van der Waals surface area contributed by atoms with Crippen LogP contribution in [0.4, 0.5) is 5.69 Å². The lowest BCUT2D eigenvalue weighted by Gasteiger charge is -2.28. The van der Waals surface area contributed by atoms with Crippen LogP contribution in [0.2, 0.25) is 0 Å². The van der Waals surface area contributed by atoms with Gasteiger partial charge in [0.15, 0.2) is 6.61 Å². The summed E-state index contributed by atoms with van der Waals surface area (Å²) < 4.78 is 9.91. The topological polar surface area (TPSA) is 59.8 Å². The summed E-state index contributed by atoms with van der Waals surface area (Å²) in [6, 6.07) is 10.8. The van der Waals surface area contributed by atoms with Gasteiger partial charge in [0.05, 0.1) is 12.0 Å². The van der Waals surface area contributed by atoms with Gasteiger partial charge < -0.3 is 14.1 Å². The number of ether oxygens (including phenoxy) is 1. The van der Waals surface area contributed by atoms with Gasteiger partial charge in [-0.2, -0.15) is 0 Å². The minimum absolute atomic E-state index is 0.0948. The fraction of sp³-hybridized carbons (Fsp3) is 0.200. The molecule has 2 heterocycles. The van der Waals surface area contributed by atoms with Gasteiger partial charge in [-0.15, -0.1) is 11.8 Å². The molecule has 0 bridgehead atoms. The number of nitrogens with zero attached hydrogens (tertiary/aromatic N) is 1. The largest absolute Gasteiger partial charge is 0.457 e. The Labute approximate surface area is 125 Å². The predicted octanol–water partition coefficient (Wildman–Crippen LogP) is 2.58. The molecule has 0 unspecified atom stereocenters. The van der Waals surface area contributed by atoms with E-state index in [0.717, 1.165) is 16.3 Å². The maximum absolute atomic E-state index is 12.2. The minimum atomic E-state index is -0.631. The van der Waals surface area contributed by atoms with Gasteiger partial charge in [0.1, 0.15) is 0 Å². The van der Waals surface area contributed by atoms with Gasteiger partial charge >= 0.3 is 5.97 Å². The molecule has 108 valence electrons. The van der Waals surface area contributed by atoms with Crippen LogP contribution < -0.4 is 4.90 Å². The van der Waals surface area contributed by atoms with Crippen molar-refractivity contribution in [1.29, 1.82) is 0 Å². The Morgan fingerprint density at radius 2 is 2.10 bits per heavy atom. The third-order valence-electron chi connectivity index (χ3n) is 3.08. The van der Waals surface area contributed by atoms with Crippen molar-refractivity contribution < 1.29 is 18.7 Å². The summed E-state index contributed by atoms with van der Waals surface area (Å²) in [6.07, 6.45) is 1.39. The Morgan fingerprint density at radius 1 is 1.24 bits per heavy atom. The number of para-hydroxylation sites is 1. The first-order chi connectivity index (χ1) is 10.3. The van der Waals surface area contributed by atoms with E-state index in [0.29, 0.717) is 6.54 Å². The molecule has 5 nitrogen and oxygen atoms in total. The first-order valence-electron chi connectivity index (χ1n) is 6.48. The van der Waals surface area contributed by atoms with Gasteiger partial charge in [0.25, 0.3) is 5.91 Å². The van der Waals surface area contributed by atoms with Crippen molar-refractivity contribution in [3.63, 3.8) is 0 Å². The lowest BCUT2D eigenvalue weighted by atomic mass is 10.2. The standard InChI is InChI=1S/C15H13NO4S/c17-14(10-20-15(18)12-5-3-8-19-12)16-7-9-21-13-6-2-1-4-11(13)16/h1-6,8H,7,9-10H2. The second kappa shape index (κ2) is 6.05. The summed E-state index contributed by atoms with van der Waals surface area (Å²) in [5.41, 5.74) is 0.868. The summed E-state index contributed by atoms with van der Waals surface area (Å²) in [5.74, 6) is 0.0580. The molecule has 3 rings (SSSR count). The van der Waals surface area contributed by atoms with E-state index in [9.17, 15) is 9.59 Å². The molecule has 6 heteroatoms. The molecule has 0 saturated carbocycles. The molecule has 0 atom stereocenters. The van der Waals surface area contributed by atoms with Crippen LogP contribution >= 0.6 is 11.8 Å². The number of furan rings is 1. The Morgan fingerprint density at radius 3 is 2.90 bits per heavy atom. The molecule has 0 spiro atoms. The Hall–Kier alpha value is -2.21. The van der Waals surface area contributed by atoms with E-state index in [2.05, 4.69) is 0 Å². The van der Waals surface area contributed by atoms with Gasteiger partial charge in [0, 0.05) is 17.2 Å². The van der Waals surface area contributed by atoms with Crippen molar-refractivity contribution in [3.05, 3.63) is 48.4 Å². The van der Waals surface area contributed by atoms with Crippen molar-refractivity contribution in [2.45, 2.75) is 4.90 Å². The fourth-order valence-electron chi connectivity index (χ4n) is 2.10. The number of benzene rings is 1. The quantitative estimate of drug-likeness (QED) is 0.816. The highest BCUT2D eigenvalue weighted by atomic mass is 32.2. The van der Waals surface area contributed by atoms with Crippen LogP contribution in [-0.4, -0.2) is 30.8 Å². The summed E-state index contributed by atoms with van der Waals surface area (Å²) in [6.45, 7) is 0.317. The zero-order valence-electron chi connectivity index (χ0n) is 11.2. The molecule has 0 N–H and O–H groups in total. The summed E-state index contributed by atoms with van der Waals surface area (Å²) in [7, 11) is 0. The van der Waals surface area contributed by atoms with Crippen molar-refractivity contribution in [2.24, 2.45) is 0 Å². The first kappa shape index (κ1) is 13.8. The van der Waals surface area contributed by atoms with Crippen LogP contribution in [-0.2, 0) is 9.53 Å². The fourth-order valence-corrected chi connectivity index (χ4v) is 3.09. The lowest BCUT2D eigenvalue weighted by Crippen LogP contribution is -2.38. The molecular formula is C15H13NO4S. The molecule has 21 heavy (non-hydrogen) atoms. The smallest absolute Gasteiger partial charge is 0.374 e. The summed E-state index contributed by atoms with van der Waals surface area (Å²) in [5, 5.41) is 0. The van der Waals surface area contributed by atoms with E-state index in [1.807, 2.05) is 24.3 Å². The van der Waals surface area contributed by atoms with Crippen LogP contribution in [0.3, 0.4) is 0 Å². The number of hydrogen-bond donors (Lipinski definition) is 0. The van der Waals surface area contributed by atoms with Crippen LogP contribution in [0.5, 0.6) is 0 Å². The average molecular weight is 303 g/mol. The number of amides is 1. The SMILES string of the molecule is O=C(OCC(=O)N1CCSc2ccccc21)c1ccco1. The van der Waals surface area contributed by atoms with Gasteiger partial charge in [-0.05, 0) is 24.3 Å². The monoisotopic (exact) mass is 303 g/mol. The molecule has 0 aliphatic carbocycles. The number of rotatable bonds is 3. The number of hydrogen-bond acceptors (Lipinski definition) is 5. The van der Waals surface area contributed by atoms with Gasteiger partial charge in [-0.1, -0.05) is 12.1 Å². The van der Waals surface area contributed by atoms with E-state index in [-0.39, 0.29) is 18.3 Å². The van der Waals surface area contributed by atoms with Gasteiger partial charge in [0.2, 0.25) is 5.76 Å². The minimum Gasteiger partial charge on any atom is -0.457 e. The maximum Gasteiger partial charge on any atom is 0.374 e. The first-order valence-corrected chi connectivity index (χ1v) is 7.47. The Bertz CT molecular complexity index is 653.